The average molecular weight is 260 g/mol. The zero-order valence-corrected chi connectivity index (χ0v) is 10.1. The molecule has 1 aromatic rings. The lowest BCUT2D eigenvalue weighted by Gasteiger charge is -2.12. The number of alkyl halides is 1. The van der Waals surface area contributed by atoms with Crippen LogP contribution in [0.15, 0.2) is 6.20 Å². The molecule has 4 nitrogen and oxygen atoms in total. The summed E-state index contributed by atoms with van der Waals surface area (Å²) in [6, 6.07) is 0. The quantitative estimate of drug-likeness (QED) is 0.817. The number of nitrogens with zero attached hydrogens (tertiary/aromatic N) is 1. The fraction of sp³-hybridized carbons (Fsp3) is 0.556. The van der Waals surface area contributed by atoms with Crippen molar-refractivity contribution in [1.29, 1.82) is 0 Å². The third-order valence-electron chi connectivity index (χ3n) is 1.91. The number of aryl methyl sites for hydroxylation is 1. The van der Waals surface area contributed by atoms with Crippen molar-refractivity contribution < 1.29 is 4.79 Å². The van der Waals surface area contributed by atoms with Crippen molar-refractivity contribution in [2.75, 3.05) is 5.32 Å². The Morgan fingerprint density at radius 1 is 1.64 bits per heavy atom. The molecular formula is C9H14BrN3O. The van der Waals surface area contributed by atoms with Crippen molar-refractivity contribution in [3.05, 3.63) is 11.8 Å². The van der Waals surface area contributed by atoms with E-state index in [1.165, 1.54) is 0 Å². The Balaban J connectivity index is 2.62. The van der Waals surface area contributed by atoms with Crippen LogP contribution < -0.4 is 5.32 Å². The highest BCUT2D eigenvalue weighted by Crippen LogP contribution is 2.15. The van der Waals surface area contributed by atoms with Crippen LogP contribution in [0.1, 0.15) is 19.4 Å². The van der Waals surface area contributed by atoms with Gasteiger partial charge in [0.15, 0.2) is 0 Å². The first-order chi connectivity index (χ1) is 6.52. The minimum Gasteiger partial charge on any atom is -0.310 e. The summed E-state index contributed by atoms with van der Waals surface area (Å²) in [4.78, 5) is 11.4. The van der Waals surface area contributed by atoms with Crippen molar-refractivity contribution in [3.63, 3.8) is 0 Å². The Kier molecular flexibility index (Phi) is 3.69. The van der Waals surface area contributed by atoms with E-state index in [9.17, 15) is 4.79 Å². The average Bonchev–Trinajstić information content (AvgIpc) is 2.50. The third-order valence-corrected chi connectivity index (χ3v) is 3.39. The van der Waals surface area contributed by atoms with E-state index in [4.69, 9.17) is 0 Å². The molecule has 0 aliphatic rings. The second-order valence-electron chi connectivity index (χ2n) is 3.56. The molecule has 0 aromatic carbocycles. The molecule has 1 atom stereocenters. The molecular weight excluding hydrogens is 246 g/mol. The maximum Gasteiger partial charge on any atom is 0.239 e. The van der Waals surface area contributed by atoms with Crippen molar-refractivity contribution in [2.24, 2.45) is 5.92 Å². The standard InChI is InChI=1S/C9H14BrN3O/c1-5(2)7(10)9(14)12-8-6(3)4-11-13-8/h4-5,7H,1-3H3,(H2,11,12,13,14). The highest BCUT2D eigenvalue weighted by Gasteiger charge is 2.19. The zero-order chi connectivity index (χ0) is 10.7. The lowest BCUT2D eigenvalue weighted by molar-refractivity contribution is -0.116. The second kappa shape index (κ2) is 4.59. The predicted octanol–water partition coefficient (Wildman–Crippen LogP) is 2.08. The lowest BCUT2D eigenvalue weighted by atomic mass is 10.1. The van der Waals surface area contributed by atoms with E-state index in [-0.39, 0.29) is 16.7 Å². The van der Waals surface area contributed by atoms with Gasteiger partial charge in [0, 0.05) is 5.56 Å². The summed E-state index contributed by atoms with van der Waals surface area (Å²) in [5.74, 6) is 0.880. The van der Waals surface area contributed by atoms with E-state index in [1.807, 2.05) is 20.8 Å². The van der Waals surface area contributed by atoms with E-state index in [2.05, 4.69) is 31.4 Å². The molecule has 1 amide bonds. The molecule has 0 saturated carbocycles. The first-order valence-corrected chi connectivity index (χ1v) is 5.39. The number of aromatic amines is 1. The van der Waals surface area contributed by atoms with Gasteiger partial charge in [-0.3, -0.25) is 9.89 Å². The van der Waals surface area contributed by atoms with Gasteiger partial charge in [-0.05, 0) is 12.8 Å². The van der Waals surface area contributed by atoms with Gasteiger partial charge in [-0.25, -0.2) is 0 Å². The van der Waals surface area contributed by atoms with Crippen LogP contribution in [0.5, 0.6) is 0 Å². The van der Waals surface area contributed by atoms with Crippen molar-refractivity contribution in [2.45, 2.75) is 25.6 Å². The molecule has 14 heavy (non-hydrogen) atoms. The number of carbonyl (C=O) groups is 1. The van der Waals surface area contributed by atoms with Gasteiger partial charge < -0.3 is 5.32 Å². The largest absolute Gasteiger partial charge is 0.310 e. The predicted molar refractivity (Wildman–Crippen MR) is 59.5 cm³/mol. The van der Waals surface area contributed by atoms with Crippen LogP contribution >= 0.6 is 15.9 Å². The number of amides is 1. The highest BCUT2D eigenvalue weighted by atomic mass is 79.9. The minimum atomic E-state index is -0.176. The molecule has 1 aromatic heterocycles. The number of hydrogen-bond acceptors (Lipinski definition) is 2. The number of nitrogens with one attached hydrogen (secondary N) is 2. The highest BCUT2D eigenvalue weighted by molar-refractivity contribution is 9.10. The Morgan fingerprint density at radius 2 is 2.29 bits per heavy atom. The first-order valence-electron chi connectivity index (χ1n) is 4.47. The number of anilines is 1. The molecule has 0 bridgehead atoms. The fourth-order valence-electron chi connectivity index (χ4n) is 0.968. The van der Waals surface area contributed by atoms with Crippen molar-refractivity contribution >= 4 is 27.7 Å². The van der Waals surface area contributed by atoms with Gasteiger partial charge in [-0.15, -0.1) is 0 Å². The second-order valence-corrected chi connectivity index (χ2v) is 4.55. The van der Waals surface area contributed by atoms with Crippen LogP contribution in [0.2, 0.25) is 0 Å². The summed E-state index contributed by atoms with van der Waals surface area (Å²) in [7, 11) is 0. The maximum absolute atomic E-state index is 11.6. The molecule has 78 valence electrons. The summed E-state index contributed by atoms with van der Waals surface area (Å²) >= 11 is 3.33. The van der Waals surface area contributed by atoms with Gasteiger partial charge in [-0.1, -0.05) is 29.8 Å². The molecule has 1 rings (SSSR count). The number of carbonyl (C=O) groups excluding carboxylic acids is 1. The number of hydrogen-bond donors (Lipinski definition) is 2. The van der Waals surface area contributed by atoms with Crippen LogP contribution in [-0.2, 0) is 4.79 Å². The Labute approximate surface area is 91.6 Å². The van der Waals surface area contributed by atoms with Gasteiger partial charge in [0.1, 0.15) is 5.82 Å². The van der Waals surface area contributed by atoms with E-state index < -0.39 is 0 Å². The van der Waals surface area contributed by atoms with E-state index in [1.54, 1.807) is 6.20 Å². The summed E-state index contributed by atoms with van der Waals surface area (Å²) in [5, 5.41) is 9.32. The molecule has 5 heteroatoms. The number of halogens is 1. The molecule has 0 saturated heterocycles. The topological polar surface area (TPSA) is 57.8 Å². The SMILES string of the molecule is Cc1cn[nH]c1NC(=O)C(Br)C(C)C. The van der Waals surface area contributed by atoms with Crippen molar-refractivity contribution in [3.8, 4) is 0 Å². The van der Waals surface area contributed by atoms with Crippen LogP contribution in [0.4, 0.5) is 5.82 Å². The number of rotatable bonds is 3. The Bertz CT molecular complexity index is 322. The van der Waals surface area contributed by atoms with E-state index in [0.29, 0.717) is 5.82 Å². The molecule has 0 fully saturated rings. The molecule has 2 N–H and O–H groups in total. The number of H-pyrrole nitrogens is 1. The van der Waals surface area contributed by atoms with Gasteiger partial charge in [0.2, 0.25) is 5.91 Å². The normalized spacial score (nSPS) is 12.9. The van der Waals surface area contributed by atoms with Gasteiger partial charge >= 0.3 is 0 Å². The Hall–Kier alpha value is -0.840. The first kappa shape index (κ1) is 11.2. The van der Waals surface area contributed by atoms with Gasteiger partial charge in [-0.2, -0.15) is 5.10 Å². The van der Waals surface area contributed by atoms with Gasteiger partial charge in [0.05, 0.1) is 11.0 Å². The fourth-order valence-corrected chi connectivity index (χ4v) is 1.08. The molecule has 0 radical (unpaired) electrons. The van der Waals surface area contributed by atoms with E-state index in [0.717, 1.165) is 5.56 Å². The van der Waals surface area contributed by atoms with Crippen LogP contribution in [0.3, 0.4) is 0 Å². The summed E-state index contributed by atoms with van der Waals surface area (Å²) in [5.41, 5.74) is 0.932. The summed E-state index contributed by atoms with van der Waals surface area (Å²) in [6.07, 6.45) is 1.67. The van der Waals surface area contributed by atoms with Crippen LogP contribution in [0.25, 0.3) is 0 Å². The minimum absolute atomic E-state index is 0.0487. The molecule has 0 spiro atoms. The van der Waals surface area contributed by atoms with Crippen molar-refractivity contribution in [1.82, 2.24) is 10.2 Å². The summed E-state index contributed by atoms with van der Waals surface area (Å²) in [6.45, 7) is 5.86. The summed E-state index contributed by atoms with van der Waals surface area (Å²) < 4.78 is 0. The van der Waals surface area contributed by atoms with Crippen LogP contribution in [0, 0.1) is 12.8 Å². The molecule has 0 aliphatic carbocycles. The molecule has 1 unspecified atom stereocenters. The van der Waals surface area contributed by atoms with Crippen LogP contribution in [-0.4, -0.2) is 20.9 Å². The maximum atomic E-state index is 11.6. The monoisotopic (exact) mass is 259 g/mol. The zero-order valence-electron chi connectivity index (χ0n) is 8.47. The smallest absolute Gasteiger partial charge is 0.239 e. The Morgan fingerprint density at radius 3 is 2.71 bits per heavy atom. The third kappa shape index (κ3) is 2.57. The van der Waals surface area contributed by atoms with E-state index >= 15 is 0 Å². The molecule has 0 aliphatic heterocycles. The van der Waals surface area contributed by atoms with Gasteiger partial charge in [0.25, 0.3) is 0 Å². The number of aromatic nitrogens is 2. The molecule has 1 heterocycles. The lowest BCUT2D eigenvalue weighted by Crippen LogP contribution is -2.27.